The minimum absolute atomic E-state index is 0.218. The lowest BCUT2D eigenvalue weighted by Gasteiger charge is -2.09. The van der Waals surface area contributed by atoms with Gasteiger partial charge in [-0.15, -0.1) is 0 Å². The Bertz CT molecular complexity index is 627. The Morgan fingerprint density at radius 1 is 1.05 bits per heavy atom. The largest absolute Gasteiger partial charge is 0.489 e. The number of rotatable bonds is 6. The van der Waals surface area contributed by atoms with E-state index in [1.54, 1.807) is 12.1 Å². The molecule has 0 atom stereocenters. The van der Waals surface area contributed by atoms with Crippen LogP contribution in [0.25, 0.3) is 0 Å². The van der Waals surface area contributed by atoms with Gasteiger partial charge in [-0.05, 0) is 30.5 Å². The molecule has 0 aliphatic rings. The predicted molar refractivity (Wildman–Crippen MR) is 77.0 cm³/mol. The summed E-state index contributed by atoms with van der Waals surface area (Å²) >= 11 is 5.65. The van der Waals surface area contributed by atoms with Crippen LogP contribution in [0.15, 0.2) is 36.4 Å². The van der Waals surface area contributed by atoms with Crippen molar-refractivity contribution >= 4 is 17.9 Å². The summed E-state index contributed by atoms with van der Waals surface area (Å²) in [6, 6.07) is 9.09. The van der Waals surface area contributed by atoms with Crippen LogP contribution in [0.4, 0.5) is 8.78 Å². The van der Waals surface area contributed by atoms with Crippen LogP contribution in [0.1, 0.15) is 22.3 Å². The number of halogens is 3. The number of hydrogen-bond acceptors (Lipinski definition) is 2. The number of hydrogen-bond donors (Lipinski definition) is 0. The van der Waals surface area contributed by atoms with E-state index < -0.39 is 11.6 Å². The molecule has 0 radical (unpaired) electrons. The third-order valence-corrected chi connectivity index (χ3v) is 3.33. The highest BCUT2D eigenvalue weighted by atomic mass is 35.5. The fourth-order valence-corrected chi connectivity index (χ4v) is 2.06. The van der Waals surface area contributed by atoms with Crippen molar-refractivity contribution < 1.29 is 18.3 Å². The average Bonchev–Trinajstić information content (AvgIpc) is 2.51. The molecule has 110 valence electrons. The number of ether oxygens (including phenoxy) is 1. The lowest BCUT2D eigenvalue weighted by Crippen LogP contribution is -2.02. The third kappa shape index (κ3) is 4.02. The first-order valence-electron chi connectivity index (χ1n) is 6.42. The Kier molecular flexibility index (Phi) is 5.28. The maximum atomic E-state index is 13.5. The summed E-state index contributed by atoms with van der Waals surface area (Å²) < 4.78 is 31.9. The quantitative estimate of drug-likeness (QED) is 0.448. The zero-order valence-electron chi connectivity index (χ0n) is 11.1. The number of aryl methyl sites for hydroxylation is 1. The Balaban J connectivity index is 1.87. The van der Waals surface area contributed by atoms with Gasteiger partial charge in [-0.2, -0.15) is 0 Å². The average molecular weight is 311 g/mol. The molecule has 0 fully saturated rings. The van der Waals surface area contributed by atoms with Gasteiger partial charge in [0.2, 0.25) is 0 Å². The van der Waals surface area contributed by atoms with Crippen LogP contribution in [0, 0.1) is 11.6 Å². The molecule has 0 aromatic heterocycles. The van der Waals surface area contributed by atoms with Crippen LogP contribution >= 0.6 is 11.6 Å². The zero-order chi connectivity index (χ0) is 15.2. The van der Waals surface area contributed by atoms with Crippen LogP contribution in [0.2, 0.25) is 5.02 Å². The highest BCUT2D eigenvalue weighted by Crippen LogP contribution is 2.30. The summed E-state index contributed by atoms with van der Waals surface area (Å²) in [5.41, 5.74) is 1.65. The maximum Gasteiger partial charge on any atom is 0.176 e. The fourth-order valence-electron chi connectivity index (χ4n) is 1.85. The molecule has 2 aromatic carbocycles. The number of aldehydes is 1. The van der Waals surface area contributed by atoms with Crippen molar-refractivity contribution in [3.63, 3.8) is 0 Å². The minimum Gasteiger partial charge on any atom is -0.489 e. The van der Waals surface area contributed by atoms with Gasteiger partial charge in [0, 0.05) is 5.56 Å². The lowest BCUT2D eigenvalue weighted by atomic mass is 10.1. The molecular weight excluding hydrogens is 298 g/mol. The van der Waals surface area contributed by atoms with Gasteiger partial charge in [0.1, 0.15) is 17.1 Å². The van der Waals surface area contributed by atoms with Gasteiger partial charge in [-0.25, -0.2) is 8.78 Å². The number of carbonyl (C=O) groups is 1. The first kappa shape index (κ1) is 15.4. The molecule has 0 unspecified atom stereocenters. The molecule has 0 aliphatic heterocycles. The molecule has 0 spiro atoms. The van der Waals surface area contributed by atoms with Gasteiger partial charge in [-0.1, -0.05) is 35.9 Å². The van der Waals surface area contributed by atoms with Crippen molar-refractivity contribution in [2.45, 2.75) is 12.8 Å². The van der Waals surface area contributed by atoms with Gasteiger partial charge in [-0.3, -0.25) is 4.79 Å². The van der Waals surface area contributed by atoms with E-state index in [1.807, 2.05) is 12.1 Å². The molecule has 2 nitrogen and oxygen atoms in total. The van der Waals surface area contributed by atoms with E-state index in [4.69, 9.17) is 16.3 Å². The summed E-state index contributed by atoms with van der Waals surface area (Å²) in [6.07, 6.45) is 2.10. The second-order valence-electron chi connectivity index (χ2n) is 4.48. The van der Waals surface area contributed by atoms with E-state index >= 15 is 0 Å². The van der Waals surface area contributed by atoms with Gasteiger partial charge in [0.15, 0.2) is 11.6 Å². The SMILES string of the molecule is O=Cc1ccc(CCCOc2c(F)ccc(F)c2Cl)cc1. The Labute approximate surface area is 126 Å². The molecular formula is C16H13ClF2O2. The van der Waals surface area contributed by atoms with Crippen molar-refractivity contribution in [1.82, 2.24) is 0 Å². The van der Waals surface area contributed by atoms with Crippen molar-refractivity contribution in [2.75, 3.05) is 6.61 Å². The van der Waals surface area contributed by atoms with Crippen molar-refractivity contribution in [3.8, 4) is 5.75 Å². The predicted octanol–water partition coefficient (Wildman–Crippen LogP) is 4.44. The molecule has 0 N–H and O–H groups in total. The second-order valence-corrected chi connectivity index (χ2v) is 4.86. The van der Waals surface area contributed by atoms with E-state index in [0.717, 1.165) is 24.0 Å². The smallest absolute Gasteiger partial charge is 0.176 e. The van der Waals surface area contributed by atoms with Crippen molar-refractivity contribution in [3.05, 3.63) is 64.2 Å². The monoisotopic (exact) mass is 310 g/mol. The summed E-state index contributed by atoms with van der Waals surface area (Å²) in [4.78, 5) is 10.5. The molecule has 2 rings (SSSR count). The first-order valence-corrected chi connectivity index (χ1v) is 6.80. The highest BCUT2D eigenvalue weighted by molar-refractivity contribution is 6.32. The number of carbonyl (C=O) groups excluding carboxylic acids is 1. The van der Waals surface area contributed by atoms with Gasteiger partial charge < -0.3 is 4.74 Å². The molecule has 5 heteroatoms. The summed E-state index contributed by atoms with van der Waals surface area (Å²) in [7, 11) is 0. The number of benzene rings is 2. The molecule has 0 bridgehead atoms. The molecule has 0 saturated heterocycles. The Hall–Kier alpha value is -1.94. The molecule has 0 saturated carbocycles. The zero-order valence-corrected chi connectivity index (χ0v) is 11.9. The highest BCUT2D eigenvalue weighted by Gasteiger charge is 2.13. The van der Waals surface area contributed by atoms with Crippen LogP contribution in [-0.4, -0.2) is 12.9 Å². The topological polar surface area (TPSA) is 26.3 Å². The van der Waals surface area contributed by atoms with Crippen molar-refractivity contribution in [1.29, 1.82) is 0 Å². The van der Waals surface area contributed by atoms with Crippen molar-refractivity contribution in [2.24, 2.45) is 0 Å². The van der Waals surface area contributed by atoms with E-state index in [1.165, 1.54) is 0 Å². The molecule has 2 aromatic rings. The normalized spacial score (nSPS) is 10.4. The summed E-state index contributed by atoms with van der Waals surface area (Å²) in [5.74, 6) is -1.65. The van der Waals surface area contributed by atoms with Gasteiger partial charge in [0.25, 0.3) is 0 Å². The van der Waals surface area contributed by atoms with Crippen LogP contribution in [0.5, 0.6) is 5.75 Å². The maximum absolute atomic E-state index is 13.5. The Morgan fingerprint density at radius 2 is 1.71 bits per heavy atom. The van der Waals surface area contributed by atoms with E-state index in [0.29, 0.717) is 18.4 Å². The molecule has 0 amide bonds. The van der Waals surface area contributed by atoms with Gasteiger partial charge in [0.05, 0.1) is 6.61 Å². The van der Waals surface area contributed by atoms with Crippen LogP contribution in [-0.2, 0) is 6.42 Å². The third-order valence-electron chi connectivity index (χ3n) is 2.97. The van der Waals surface area contributed by atoms with E-state index in [-0.39, 0.29) is 17.4 Å². The molecule has 0 heterocycles. The second kappa shape index (κ2) is 7.18. The fraction of sp³-hybridized carbons (Fsp3) is 0.188. The lowest BCUT2D eigenvalue weighted by molar-refractivity contribution is 0.112. The van der Waals surface area contributed by atoms with Gasteiger partial charge >= 0.3 is 0 Å². The first-order chi connectivity index (χ1) is 10.1. The van der Waals surface area contributed by atoms with E-state index in [9.17, 15) is 13.6 Å². The molecule has 21 heavy (non-hydrogen) atoms. The minimum atomic E-state index is -0.711. The Morgan fingerprint density at radius 3 is 2.38 bits per heavy atom. The van der Waals surface area contributed by atoms with E-state index in [2.05, 4.69) is 0 Å². The molecule has 0 aliphatic carbocycles. The summed E-state index contributed by atoms with van der Waals surface area (Å²) in [6.45, 7) is 0.218. The van der Waals surface area contributed by atoms with Crippen LogP contribution in [0.3, 0.4) is 0 Å². The summed E-state index contributed by atoms with van der Waals surface area (Å²) in [5, 5.41) is -0.342. The van der Waals surface area contributed by atoms with Crippen LogP contribution < -0.4 is 4.74 Å². The standard InChI is InChI=1S/C16H13ClF2O2/c17-15-13(18)7-8-14(19)16(15)21-9-1-2-11-3-5-12(10-20)6-4-11/h3-8,10H,1-2,9H2.